The van der Waals surface area contributed by atoms with Gasteiger partial charge in [0.05, 0.1) is 18.0 Å². The van der Waals surface area contributed by atoms with Crippen LogP contribution >= 0.6 is 11.6 Å². The van der Waals surface area contributed by atoms with Crippen LogP contribution in [0.1, 0.15) is 18.9 Å². The molecule has 2 rings (SSSR count). The molecule has 0 radical (unpaired) electrons. The molecule has 0 fully saturated rings. The number of anilines is 3. The fraction of sp³-hybridized carbons (Fsp3) is 0.250. The summed E-state index contributed by atoms with van der Waals surface area (Å²) < 4.78 is 19.2. The van der Waals surface area contributed by atoms with Crippen LogP contribution in [0.4, 0.5) is 21.5 Å². The lowest BCUT2D eigenvalue weighted by molar-refractivity contribution is 0.301. The predicted molar refractivity (Wildman–Crippen MR) is 86.1 cm³/mol. The summed E-state index contributed by atoms with van der Waals surface area (Å²) in [7, 11) is 0. The summed E-state index contributed by atoms with van der Waals surface area (Å²) in [6, 6.07) is 8.34. The molecule has 0 bridgehead atoms. The van der Waals surface area contributed by atoms with E-state index < -0.39 is 5.82 Å². The Bertz CT molecular complexity index is 646. The lowest BCUT2D eigenvalue weighted by Crippen LogP contribution is -2.02. The summed E-state index contributed by atoms with van der Waals surface area (Å²) in [5, 5.41) is 3.79. The van der Waals surface area contributed by atoms with Crippen LogP contribution < -0.4 is 15.8 Å². The zero-order valence-electron chi connectivity index (χ0n) is 12.0. The first-order chi connectivity index (χ1) is 10.0. The van der Waals surface area contributed by atoms with Gasteiger partial charge in [-0.3, -0.25) is 0 Å². The zero-order chi connectivity index (χ0) is 15.4. The summed E-state index contributed by atoms with van der Waals surface area (Å²) in [6.07, 6.45) is 0.806. The Kier molecular flexibility index (Phi) is 4.91. The van der Waals surface area contributed by atoms with Crippen LogP contribution in [-0.4, -0.2) is 6.61 Å². The lowest BCUT2D eigenvalue weighted by Gasteiger charge is -2.14. The van der Waals surface area contributed by atoms with Crippen LogP contribution in [0.25, 0.3) is 0 Å². The van der Waals surface area contributed by atoms with Gasteiger partial charge in [0.15, 0.2) is 11.6 Å². The molecule has 3 nitrogen and oxygen atoms in total. The number of hydrogen-bond acceptors (Lipinski definition) is 3. The van der Waals surface area contributed by atoms with E-state index in [2.05, 4.69) is 5.32 Å². The molecule has 0 aromatic heterocycles. The van der Waals surface area contributed by atoms with Crippen molar-refractivity contribution in [3.8, 4) is 5.75 Å². The van der Waals surface area contributed by atoms with Gasteiger partial charge in [-0.15, -0.1) is 0 Å². The van der Waals surface area contributed by atoms with E-state index in [0.29, 0.717) is 23.0 Å². The van der Waals surface area contributed by atoms with Crippen molar-refractivity contribution < 1.29 is 9.13 Å². The van der Waals surface area contributed by atoms with Gasteiger partial charge in [-0.05, 0) is 31.0 Å². The van der Waals surface area contributed by atoms with Crippen molar-refractivity contribution >= 4 is 28.7 Å². The highest BCUT2D eigenvalue weighted by atomic mass is 35.5. The molecule has 0 amide bonds. The van der Waals surface area contributed by atoms with E-state index in [4.69, 9.17) is 22.1 Å². The molecule has 21 heavy (non-hydrogen) atoms. The van der Waals surface area contributed by atoms with E-state index in [1.165, 1.54) is 6.07 Å². The van der Waals surface area contributed by atoms with E-state index in [-0.39, 0.29) is 5.75 Å². The maximum atomic E-state index is 13.8. The lowest BCUT2D eigenvalue weighted by atomic mass is 10.1. The van der Waals surface area contributed by atoms with Crippen LogP contribution in [0.15, 0.2) is 30.3 Å². The van der Waals surface area contributed by atoms with Gasteiger partial charge in [-0.1, -0.05) is 24.6 Å². The summed E-state index contributed by atoms with van der Waals surface area (Å²) in [4.78, 5) is 0. The normalized spacial score (nSPS) is 10.5. The minimum atomic E-state index is -0.464. The molecule has 0 heterocycles. The summed E-state index contributed by atoms with van der Waals surface area (Å²) in [6.45, 7) is 4.37. The van der Waals surface area contributed by atoms with Crippen LogP contribution in [0.3, 0.4) is 0 Å². The van der Waals surface area contributed by atoms with Crippen LogP contribution in [-0.2, 0) is 0 Å². The van der Waals surface area contributed by atoms with Gasteiger partial charge in [0, 0.05) is 22.8 Å². The maximum Gasteiger partial charge on any atom is 0.167 e. The second-order valence-electron chi connectivity index (χ2n) is 4.80. The Labute approximate surface area is 128 Å². The second kappa shape index (κ2) is 6.68. The van der Waals surface area contributed by atoms with Crippen molar-refractivity contribution in [2.45, 2.75) is 20.3 Å². The molecule has 5 heteroatoms. The molecule has 0 unspecified atom stereocenters. The van der Waals surface area contributed by atoms with Gasteiger partial charge >= 0.3 is 0 Å². The SMILES string of the molecule is CCCOc1cc(Nc2cc(Cl)ccc2C)c(N)cc1F. The highest BCUT2D eigenvalue weighted by Crippen LogP contribution is 2.32. The third kappa shape index (κ3) is 3.79. The summed E-state index contributed by atoms with van der Waals surface area (Å²) in [5.41, 5.74) is 8.60. The number of nitrogen functional groups attached to an aromatic ring is 1. The third-order valence-electron chi connectivity index (χ3n) is 3.03. The number of ether oxygens (including phenoxy) is 1. The first-order valence-electron chi connectivity index (χ1n) is 6.76. The van der Waals surface area contributed by atoms with E-state index in [1.54, 1.807) is 12.1 Å². The Morgan fingerprint density at radius 3 is 2.71 bits per heavy atom. The molecular formula is C16H18ClFN2O. The van der Waals surface area contributed by atoms with Crippen molar-refractivity contribution in [2.75, 3.05) is 17.7 Å². The third-order valence-corrected chi connectivity index (χ3v) is 3.27. The molecule has 0 saturated carbocycles. The Hall–Kier alpha value is -1.94. The highest BCUT2D eigenvalue weighted by Gasteiger charge is 2.10. The molecule has 0 aliphatic carbocycles. The summed E-state index contributed by atoms with van der Waals surface area (Å²) in [5.74, 6) is -0.275. The number of rotatable bonds is 5. The Balaban J connectivity index is 2.32. The fourth-order valence-corrected chi connectivity index (χ4v) is 2.05. The monoisotopic (exact) mass is 308 g/mol. The topological polar surface area (TPSA) is 47.3 Å². The molecule has 112 valence electrons. The van der Waals surface area contributed by atoms with Crippen LogP contribution in [0, 0.1) is 12.7 Å². The van der Waals surface area contributed by atoms with E-state index in [9.17, 15) is 4.39 Å². The van der Waals surface area contributed by atoms with Crippen LogP contribution in [0.2, 0.25) is 5.02 Å². The van der Waals surface area contributed by atoms with E-state index in [0.717, 1.165) is 17.7 Å². The number of nitrogens with two attached hydrogens (primary N) is 1. The standard InChI is InChI=1S/C16H18ClFN2O/c1-3-6-21-16-9-15(13(19)8-12(16)18)20-14-7-11(17)5-4-10(14)2/h4-5,7-9,20H,3,6,19H2,1-2H3. The smallest absolute Gasteiger partial charge is 0.167 e. The second-order valence-corrected chi connectivity index (χ2v) is 5.24. The number of nitrogens with one attached hydrogen (secondary N) is 1. The average molecular weight is 309 g/mol. The van der Waals surface area contributed by atoms with Crippen molar-refractivity contribution in [1.82, 2.24) is 0 Å². The molecule has 0 atom stereocenters. The molecule has 2 aromatic carbocycles. The molecule has 3 N–H and O–H groups in total. The number of halogens is 2. The molecule has 2 aromatic rings. The minimum absolute atomic E-state index is 0.188. The molecule has 0 aliphatic heterocycles. The first-order valence-corrected chi connectivity index (χ1v) is 7.14. The molecule has 0 spiro atoms. The average Bonchev–Trinajstić information content (AvgIpc) is 2.44. The van der Waals surface area contributed by atoms with Crippen molar-refractivity contribution in [2.24, 2.45) is 0 Å². The number of benzene rings is 2. The van der Waals surface area contributed by atoms with E-state index >= 15 is 0 Å². The van der Waals surface area contributed by atoms with Crippen molar-refractivity contribution in [3.05, 3.63) is 46.7 Å². The van der Waals surface area contributed by atoms with Gasteiger partial charge in [0.25, 0.3) is 0 Å². The first kappa shape index (κ1) is 15.4. The molecule has 0 saturated heterocycles. The molecular weight excluding hydrogens is 291 g/mol. The molecule has 0 aliphatic rings. The van der Waals surface area contributed by atoms with Gasteiger partial charge in [-0.25, -0.2) is 4.39 Å². The zero-order valence-corrected chi connectivity index (χ0v) is 12.8. The summed E-state index contributed by atoms with van der Waals surface area (Å²) >= 11 is 5.99. The van der Waals surface area contributed by atoms with E-state index in [1.807, 2.05) is 26.0 Å². The van der Waals surface area contributed by atoms with Crippen molar-refractivity contribution in [1.29, 1.82) is 0 Å². The predicted octanol–water partition coefficient (Wildman–Crippen LogP) is 4.90. The quantitative estimate of drug-likeness (QED) is 0.772. The highest BCUT2D eigenvalue weighted by molar-refractivity contribution is 6.30. The number of aryl methyl sites for hydroxylation is 1. The van der Waals surface area contributed by atoms with Crippen molar-refractivity contribution in [3.63, 3.8) is 0 Å². The van der Waals surface area contributed by atoms with Gasteiger partial charge in [-0.2, -0.15) is 0 Å². The minimum Gasteiger partial charge on any atom is -0.490 e. The van der Waals surface area contributed by atoms with Gasteiger partial charge in [0.2, 0.25) is 0 Å². The van der Waals surface area contributed by atoms with Crippen LogP contribution in [0.5, 0.6) is 5.75 Å². The Morgan fingerprint density at radius 1 is 1.24 bits per heavy atom. The number of hydrogen-bond donors (Lipinski definition) is 2. The Morgan fingerprint density at radius 2 is 2.00 bits per heavy atom. The van der Waals surface area contributed by atoms with Gasteiger partial charge < -0.3 is 15.8 Å². The maximum absolute atomic E-state index is 13.8. The van der Waals surface area contributed by atoms with Gasteiger partial charge in [0.1, 0.15) is 0 Å². The largest absolute Gasteiger partial charge is 0.490 e. The fourth-order valence-electron chi connectivity index (χ4n) is 1.87.